The molecule has 1 aliphatic rings. The number of nitrogens with one attached hydrogen (secondary N) is 2. The molecule has 1 aliphatic heterocycles. The van der Waals surface area contributed by atoms with Crippen LogP contribution in [0.1, 0.15) is 23.4 Å². The molecule has 1 fully saturated rings. The van der Waals surface area contributed by atoms with Crippen molar-refractivity contribution in [2.24, 2.45) is 0 Å². The van der Waals surface area contributed by atoms with Gasteiger partial charge in [-0.15, -0.1) is 11.3 Å². The van der Waals surface area contributed by atoms with Gasteiger partial charge < -0.3 is 20.0 Å². The van der Waals surface area contributed by atoms with Crippen molar-refractivity contribution >= 4 is 39.2 Å². The summed E-state index contributed by atoms with van der Waals surface area (Å²) in [4.78, 5) is 31.4. The summed E-state index contributed by atoms with van der Waals surface area (Å²) in [7, 11) is 0. The van der Waals surface area contributed by atoms with Gasteiger partial charge in [0.25, 0.3) is 5.91 Å². The van der Waals surface area contributed by atoms with E-state index in [0.29, 0.717) is 31.7 Å². The molecule has 5 rings (SSSR count). The number of para-hydroxylation sites is 2. The highest BCUT2D eigenvalue weighted by atomic mass is 32.1. The Labute approximate surface area is 189 Å². The molecule has 2 aromatic carbocycles. The van der Waals surface area contributed by atoms with E-state index >= 15 is 0 Å². The number of hydrogen-bond acceptors (Lipinski definition) is 5. The van der Waals surface area contributed by atoms with E-state index in [0.717, 1.165) is 20.9 Å². The lowest BCUT2D eigenvalue weighted by molar-refractivity contribution is 0.0892. The molecule has 32 heavy (non-hydrogen) atoms. The van der Waals surface area contributed by atoms with E-state index in [1.54, 1.807) is 17.0 Å². The average Bonchev–Trinajstić information content (AvgIpc) is 3.47. The summed E-state index contributed by atoms with van der Waals surface area (Å²) in [6.45, 7) is 1.16. The molecule has 0 atom stereocenters. The SMILES string of the molecule is O=C(NC1CCN(C(=O)Nc2ccccc2)CC1)c1ccc(-c2nc3ccccc3s2)o1. The summed E-state index contributed by atoms with van der Waals surface area (Å²) in [5, 5.41) is 6.68. The van der Waals surface area contributed by atoms with Crippen LogP contribution in [0.25, 0.3) is 21.0 Å². The third-order valence-corrected chi connectivity index (χ3v) is 6.53. The molecule has 1 saturated heterocycles. The molecule has 7 nitrogen and oxygen atoms in total. The first kappa shape index (κ1) is 20.3. The molecule has 2 aromatic heterocycles. The maximum absolute atomic E-state index is 12.7. The zero-order valence-electron chi connectivity index (χ0n) is 17.3. The number of piperidine rings is 1. The van der Waals surface area contributed by atoms with Crippen LogP contribution in [-0.2, 0) is 0 Å². The minimum Gasteiger partial charge on any atom is -0.448 e. The van der Waals surface area contributed by atoms with Crippen LogP contribution in [0.2, 0.25) is 0 Å². The Hall–Kier alpha value is -3.65. The zero-order chi connectivity index (χ0) is 21.9. The van der Waals surface area contributed by atoms with Crippen molar-refractivity contribution in [2.75, 3.05) is 18.4 Å². The summed E-state index contributed by atoms with van der Waals surface area (Å²) >= 11 is 1.53. The van der Waals surface area contributed by atoms with Gasteiger partial charge in [0.15, 0.2) is 16.5 Å². The molecule has 0 aliphatic carbocycles. The van der Waals surface area contributed by atoms with E-state index in [2.05, 4.69) is 15.6 Å². The molecular formula is C24H22N4O3S. The molecule has 4 aromatic rings. The number of anilines is 1. The number of nitrogens with zero attached hydrogens (tertiary/aromatic N) is 2. The minimum absolute atomic E-state index is 0.000670. The lowest BCUT2D eigenvalue weighted by atomic mass is 10.1. The van der Waals surface area contributed by atoms with Gasteiger partial charge in [-0.1, -0.05) is 30.3 Å². The fourth-order valence-electron chi connectivity index (χ4n) is 3.76. The molecule has 0 radical (unpaired) electrons. The first-order valence-corrected chi connectivity index (χ1v) is 11.3. The maximum Gasteiger partial charge on any atom is 0.321 e. The maximum atomic E-state index is 12.7. The summed E-state index contributed by atoms with van der Waals surface area (Å²) < 4.78 is 6.87. The highest BCUT2D eigenvalue weighted by Crippen LogP contribution is 2.31. The van der Waals surface area contributed by atoms with Crippen LogP contribution in [0.5, 0.6) is 0 Å². The Morgan fingerprint density at radius 1 is 0.969 bits per heavy atom. The van der Waals surface area contributed by atoms with Crippen LogP contribution in [-0.4, -0.2) is 41.0 Å². The number of carbonyl (C=O) groups is 2. The lowest BCUT2D eigenvalue weighted by Gasteiger charge is -2.32. The second-order valence-corrected chi connectivity index (χ2v) is 8.71. The van der Waals surface area contributed by atoms with Gasteiger partial charge in [0.05, 0.1) is 10.2 Å². The molecule has 162 valence electrons. The number of benzene rings is 2. The molecule has 2 N–H and O–H groups in total. The van der Waals surface area contributed by atoms with Crippen molar-refractivity contribution in [1.82, 2.24) is 15.2 Å². The van der Waals surface area contributed by atoms with Crippen molar-refractivity contribution in [2.45, 2.75) is 18.9 Å². The van der Waals surface area contributed by atoms with Gasteiger partial charge >= 0.3 is 6.03 Å². The zero-order valence-corrected chi connectivity index (χ0v) is 18.1. The molecule has 0 spiro atoms. The van der Waals surface area contributed by atoms with Crippen LogP contribution >= 0.6 is 11.3 Å². The highest BCUT2D eigenvalue weighted by Gasteiger charge is 2.25. The van der Waals surface area contributed by atoms with E-state index in [4.69, 9.17) is 4.42 Å². The Balaban J connectivity index is 1.15. The van der Waals surface area contributed by atoms with Gasteiger partial charge in [-0.2, -0.15) is 0 Å². The van der Waals surface area contributed by atoms with E-state index in [1.165, 1.54) is 11.3 Å². The molecule has 0 bridgehead atoms. The molecule has 3 heterocycles. The first-order valence-electron chi connectivity index (χ1n) is 10.5. The second-order valence-electron chi connectivity index (χ2n) is 7.68. The quantitative estimate of drug-likeness (QED) is 0.463. The number of hydrogen-bond donors (Lipinski definition) is 2. The van der Waals surface area contributed by atoms with E-state index < -0.39 is 0 Å². The van der Waals surface area contributed by atoms with Crippen LogP contribution in [0.3, 0.4) is 0 Å². The Bertz CT molecular complexity index is 1210. The third kappa shape index (κ3) is 4.36. The number of carbonyl (C=O) groups excluding carboxylic acids is 2. The number of thiazole rings is 1. The Morgan fingerprint density at radius 3 is 2.50 bits per heavy atom. The van der Waals surface area contributed by atoms with Gasteiger partial charge in [-0.25, -0.2) is 9.78 Å². The number of fused-ring (bicyclic) bond motifs is 1. The number of aromatic nitrogens is 1. The minimum atomic E-state index is -0.246. The van der Waals surface area contributed by atoms with Crippen molar-refractivity contribution in [1.29, 1.82) is 0 Å². The number of likely N-dealkylation sites (tertiary alicyclic amines) is 1. The number of furan rings is 1. The van der Waals surface area contributed by atoms with E-state index in [1.807, 2.05) is 54.6 Å². The molecule has 8 heteroatoms. The molecular weight excluding hydrogens is 424 g/mol. The molecule has 3 amide bonds. The van der Waals surface area contributed by atoms with Crippen LogP contribution in [0.15, 0.2) is 71.1 Å². The van der Waals surface area contributed by atoms with Crippen LogP contribution in [0, 0.1) is 0 Å². The number of urea groups is 1. The summed E-state index contributed by atoms with van der Waals surface area (Å²) in [5.74, 6) is 0.608. The van der Waals surface area contributed by atoms with Gasteiger partial charge in [-0.3, -0.25) is 4.79 Å². The topological polar surface area (TPSA) is 87.5 Å². The van der Waals surface area contributed by atoms with Crippen LogP contribution in [0.4, 0.5) is 10.5 Å². The normalized spacial score (nSPS) is 14.4. The number of amides is 3. The monoisotopic (exact) mass is 446 g/mol. The first-order chi connectivity index (χ1) is 15.7. The fourth-order valence-corrected chi connectivity index (χ4v) is 4.69. The smallest absolute Gasteiger partial charge is 0.321 e. The van der Waals surface area contributed by atoms with Gasteiger partial charge in [0.1, 0.15) is 0 Å². The van der Waals surface area contributed by atoms with Crippen molar-refractivity contribution in [3.05, 3.63) is 72.5 Å². The van der Waals surface area contributed by atoms with Crippen molar-refractivity contribution in [3.63, 3.8) is 0 Å². The highest BCUT2D eigenvalue weighted by molar-refractivity contribution is 7.21. The predicted octanol–water partition coefficient (Wildman–Crippen LogP) is 4.98. The van der Waals surface area contributed by atoms with Crippen molar-refractivity contribution < 1.29 is 14.0 Å². The van der Waals surface area contributed by atoms with Gasteiger partial charge in [0, 0.05) is 24.8 Å². The lowest BCUT2D eigenvalue weighted by Crippen LogP contribution is -2.47. The van der Waals surface area contributed by atoms with Crippen molar-refractivity contribution in [3.8, 4) is 10.8 Å². The fraction of sp³-hybridized carbons (Fsp3) is 0.208. The van der Waals surface area contributed by atoms with E-state index in [9.17, 15) is 9.59 Å². The summed E-state index contributed by atoms with van der Waals surface area (Å²) in [6, 6.07) is 20.6. The Morgan fingerprint density at radius 2 is 1.72 bits per heavy atom. The third-order valence-electron chi connectivity index (χ3n) is 5.48. The average molecular weight is 447 g/mol. The van der Waals surface area contributed by atoms with Gasteiger partial charge in [0.2, 0.25) is 0 Å². The van der Waals surface area contributed by atoms with Crippen LogP contribution < -0.4 is 10.6 Å². The largest absolute Gasteiger partial charge is 0.448 e. The molecule has 0 saturated carbocycles. The summed E-state index contributed by atoms with van der Waals surface area (Å²) in [6.07, 6.45) is 1.39. The number of rotatable bonds is 4. The van der Waals surface area contributed by atoms with Gasteiger partial charge in [-0.05, 0) is 49.2 Å². The standard InChI is InChI=1S/C24H22N4O3S/c29-22(19-10-11-20(31-19)23-27-18-8-4-5-9-21(18)32-23)25-17-12-14-28(15-13-17)24(30)26-16-6-2-1-3-7-16/h1-11,17H,12-15H2,(H,25,29)(H,26,30). The summed E-state index contributed by atoms with van der Waals surface area (Å²) in [5.41, 5.74) is 1.69. The predicted molar refractivity (Wildman–Crippen MR) is 125 cm³/mol. The molecule has 0 unspecified atom stereocenters. The second kappa shape index (κ2) is 8.84. The Kier molecular flexibility index (Phi) is 5.60. The van der Waals surface area contributed by atoms with E-state index in [-0.39, 0.29) is 23.7 Å².